The second-order valence-corrected chi connectivity index (χ2v) is 5.72. The lowest BCUT2D eigenvalue weighted by atomic mass is 9.88. The summed E-state index contributed by atoms with van der Waals surface area (Å²) in [7, 11) is 1.67. The van der Waals surface area contributed by atoms with Gasteiger partial charge in [-0.3, -0.25) is 0 Å². The fourth-order valence-electron chi connectivity index (χ4n) is 1.70. The zero-order valence-corrected chi connectivity index (χ0v) is 12.3. The van der Waals surface area contributed by atoms with Crippen molar-refractivity contribution in [2.24, 2.45) is 5.41 Å². The molecular formula is C13H25N3O2. The van der Waals surface area contributed by atoms with E-state index in [2.05, 4.69) is 50.1 Å². The zero-order chi connectivity index (χ0) is 13.8. The Morgan fingerprint density at radius 2 is 2.06 bits per heavy atom. The van der Waals surface area contributed by atoms with Crippen LogP contribution in [0.3, 0.4) is 0 Å². The number of methoxy groups -OCH3 is 1. The summed E-state index contributed by atoms with van der Waals surface area (Å²) < 4.78 is 10.7. The first kappa shape index (κ1) is 15.1. The van der Waals surface area contributed by atoms with E-state index in [0.717, 1.165) is 6.42 Å². The molecule has 2 unspecified atom stereocenters. The maximum Gasteiger partial charge on any atom is 0.240 e. The molecule has 0 amide bonds. The smallest absolute Gasteiger partial charge is 0.240 e. The van der Waals surface area contributed by atoms with Crippen LogP contribution in [0.2, 0.25) is 0 Å². The van der Waals surface area contributed by atoms with Crippen molar-refractivity contribution in [2.75, 3.05) is 7.11 Å². The lowest BCUT2D eigenvalue weighted by Gasteiger charge is -2.26. The Morgan fingerprint density at radius 1 is 1.39 bits per heavy atom. The van der Waals surface area contributed by atoms with Gasteiger partial charge in [-0.2, -0.15) is 4.98 Å². The molecular weight excluding hydrogens is 230 g/mol. The number of nitrogens with one attached hydrogen (secondary N) is 1. The summed E-state index contributed by atoms with van der Waals surface area (Å²) in [5.41, 5.74) is -0.0555. The lowest BCUT2D eigenvalue weighted by molar-refractivity contribution is 0.00718. The van der Waals surface area contributed by atoms with Gasteiger partial charge in [0.25, 0.3) is 0 Å². The van der Waals surface area contributed by atoms with Crippen LogP contribution in [0.25, 0.3) is 0 Å². The van der Waals surface area contributed by atoms with E-state index >= 15 is 0 Å². The Bertz CT molecular complexity index is 357. The Hall–Kier alpha value is -0.940. The van der Waals surface area contributed by atoms with Gasteiger partial charge in [0.1, 0.15) is 6.10 Å². The van der Waals surface area contributed by atoms with Crippen LogP contribution in [0.5, 0.6) is 0 Å². The summed E-state index contributed by atoms with van der Waals surface area (Å²) in [6, 6.07) is 0.446. The Labute approximate surface area is 109 Å². The number of aromatic nitrogens is 2. The molecule has 5 nitrogen and oxygen atoms in total. The third kappa shape index (κ3) is 4.07. The van der Waals surface area contributed by atoms with E-state index in [1.165, 1.54) is 0 Å². The molecule has 0 saturated carbocycles. The van der Waals surface area contributed by atoms with Crippen molar-refractivity contribution in [3.63, 3.8) is 0 Å². The first-order valence-corrected chi connectivity index (χ1v) is 6.47. The topological polar surface area (TPSA) is 60.2 Å². The lowest BCUT2D eigenvalue weighted by Crippen LogP contribution is -2.25. The second kappa shape index (κ2) is 6.29. The van der Waals surface area contributed by atoms with Crippen molar-refractivity contribution < 1.29 is 9.26 Å². The molecule has 0 spiro atoms. The van der Waals surface area contributed by atoms with Gasteiger partial charge in [0.05, 0.1) is 6.54 Å². The highest BCUT2D eigenvalue weighted by molar-refractivity contribution is 4.96. The minimum absolute atomic E-state index is 0.0555. The number of rotatable bonds is 6. The monoisotopic (exact) mass is 255 g/mol. The summed E-state index contributed by atoms with van der Waals surface area (Å²) >= 11 is 0. The molecule has 18 heavy (non-hydrogen) atoms. The summed E-state index contributed by atoms with van der Waals surface area (Å²) in [5.74, 6) is 1.22. The Morgan fingerprint density at radius 3 is 2.56 bits per heavy atom. The van der Waals surface area contributed by atoms with Crippen molar-refractivity contribution in [3.05, 3.63) is 11.7 Å². The predicted octanol–water partition coefficient (Wildman–Crippen LogP) is 2.69. The zero-order valence-electron chi connectivity index (χ0n) is 12.3. The molecule has 1 N–H and O–H groups in total. The second-order valence-electron chi connectivity index (χ2n) is 5.72. The maximum atomic E-state index is 5.46. The normalized spacial score (nSPS) is 15.7. The molecule has 5 heteroatoms. The Kier molecular flexibility index (Phi) is 5.28. The van der Waals surface area contributed by atoms with Crippen molar-refractivity contribution in [3.8, 4) is 0 Å². The molecule has 104 valence electrons. The largest absolute Gasteiger partial charge is 0.373 e. The van der Waals surface area contributed by atoms with E-state index in [9.17, 15) is 0 Å². The summed E-state index contributed by atoms with van der Waals surface area (Å²) in [6.45, 7) is 11.1. The quantitative estimate of drug-likeness (QED) is 0.847. The van der Waals surface area contributed by atoms with Crippen molar-refractivity contribution in [1.29, 1.82) is 0 Å². The van der Waals surface area contributed by atoms with E-state index in [1.54, 1.807) is 7.11 Å². The molecule has 0 aromatic carbocycles. The minimum atomic E-state index is -0.154. The van der Waals surface area contributed by atoms with E-state index in [4.69, 9.17) is 9.26 Å². The molecule has 1 aromatic rings. The molecule has 0 aliphatic carbocycles. The molecule has 1 aromatic heterocycles. The number of hydrogen-bond acceptors (Lipinski definition) is 5. The van der Waals surface area contributed by atoms with Crippen LogP contribution < -0.4 is 5.32 Å². The predicted molar refractivity (Wildman–Crippen MR) is 70.1 cm³/mol. The SMILES string of the molecule is CCC(C)NCc1nc(C(OC)C(C)(C)C)no1. The third-order valence-corrected chi connectivity index (χ3v) is 2.95. The minimum Gasteiger partial charge on any atom is -0.373 e. The first-order chi connectivity index (χ1) is 8.38. The third-order valence-electron chi connectivity index (χ3n) is 2.95. The van der Waals surface area contributed by atoms with Gasteiger partial charge in [0, 0.05) is 13.2 Å². The molecule has 0 saturated heterocycles. The Balaban J connectivity index is 2.67. The fourth-order valence-corrected chi connectivity index (χ4v) is 1.70. The highest BCUT2D eigenvalue weighted by atomic mass is 16.5. The van der Waals surface area contributed by atoms with Crippen LogP contribution in [0.4, 0.5) is 0 Å². The van der Waals surface area contributed by atoms with Gasteiger partial charge in [-0.25, -0.2) is 0 Å². The average Bonchev–Trinajstić information content (AvgIpc) is 2.73. The van der Waals surface area contributed by atoms with Crippen molar-refractivity contribution in [1.82, 2.24) is 15.5 Å². The van der Waals surface area contributed by atoms with Gasteiger partial charge < -0.3 is 14.6 Å². The van der Waals surface area contributed by atoms with Crippen LogP contribution in [0.1, 0.15) is 58.9 Å². The summed E-state index contributed by atoms with van der Waals surface area (Å²) in [6.07, 6.45) is 0.919. The maximum absolute atomic E-state index is 5.46. The molecule has 0 aliphatic rings. The van der Waals surface area contributed by atoms with E-state index in [0.29, 0.717) is 24.3 Å². The van der Waals surface area contributed by atoms with Crippen LogP contribution in [-0.2, 0) is 11.3 Å². The van der Waals surface area contributed by atoms with Gasteiger partial charge in [-0.1, -0.05) is 32.9 Å². The summed E-state index contributed by atoms with van der Waals surface area (Å²) in [4.78, 5) is 4.39. The van der Waals surface area contributed by atoms with Gasteiger partial charge in [0.15, 0.2) is 0 Å². The van der Waals surface area contributed by atoms with Gasteiger partial charge in [0.2, 0.25) is 11.7 Å². The fraction of sp³-hybridized carbons (Fsp3) is 0.846. The van der Waals surface area contributed by atoms with Crippen molar-refractivity contribution >= 4 is 0 Å². The van der Waals surface area contributed by atoms with Crippen LogP contribution in [0.15, 0.2) is 4.52 Å². The highest BCUT2D eigenvalue weighted by Gasteiger charge is 2.30. The van der Waals surface area contributed by atoms with Gasteiger partial charge >= 0.3 is 0 Å². The molecule has 1 rings (SSSR count). The molecule has 2 atom stereocenters. The molecule has 0 fully saturated rings. The first-order valence-electron chi connectivity index (χ1n) is 6.47. The van der Waals surface area contributed by atoms with E-state index in [1.807, 2.05) is 0 Å². The van der Waals surface area contributed by atoms with Crippen LogP contribution in [0, 0.1) is 5.41 Å². The highest BCUT2D eigenvalue weighted by Crippen LogP contribution is 2.33. The van der Waals surface area contributed by atoms with Crippen LogP contribution >= 0.6 is 0 Å². The standard InChI is InChI=1S/C13H25N3O2/c1-7-9(2)14-8-10-15-12(16-18-10)11(17-6)13(3,4)5/h9,11,14H,7-8H2,1-6H3. The summed E-state index contributed by atoms with van der Waals surface area (Å²) in [5, 5.41) is 7.33. The molecule has 0 bridgehead atoms. The van der Waals surface area contributed by atoms with Gasteiger partial charge in [-0.05, 0) is 18.8 Å². The van der Waals surface area contributed by atoms with Crippen LogP contribution in [-0.4, -0.2) is 23.3 Å². The molecule has 0 aliphatic heterocycles. The number of nitrogens with zero attached hydrogens (tertiary/aromatic N) is 2. The van der Waals surface area contributed by atoms with E-state index < -0.39 is 0 Å². The van der Waals surface area contributed by atoms with Crippen molar-refractivity contribution in [2.45, 2.75) is 59.7 Å². The van der Waals surface area contributed by atoms with Gasteiger partial charge in [-0.15, -0.1) is 0 Å². The molecule has 1 heterocycles. The number of hydrogen-bond donors (Lipinski definition) is 1. The molecule has 0 radical (unpaired) electrons. The number of ether oxygens (including phenoxy) is 1. The average molecular weight is 255 g/mol. The van der Waals surface area contributed by atoms with E-state index in [-0.39, 0.29) is 11.5 Å².